The predicted octanol–water partition coefficient (Wildman–Crippen LogP) is 2.48. The summed E-state index contributed by atoms with van der Waals surface area (Å²) in [6.07, 6.45) is -0.193. The van der Waals surface area contributed by atoms with Gasteiger partial charge in [0.1, 0.15) is 11.5 Å². The van der Waals surface area contributed by atoms with Crippen molar-refractivity contribution in [1.29, 1.82) is 0 Å². The monoisotopic (exact) mass is 356 g/mol. The van der Waals surface area contributed by atoms with Crippen LogP contribution < -0.4 is 5.32 Å². The molecule has 1 aromatic heterocycles. The van der Waals surface area contributed by atoms with E-state index in [1.54, 1.807) is 32.0 Å². The minimum absolute atomic E-state index is 0.0873. The maximum Gasteiger partial charge on any atom is 0.305 e. The van der Waals surface area contributed by atoms with Gasteiger partial charge in [-0.2, -0.15) is 0 Å². The van der Waals surface area contributed by atoms with Gasteiger partial charge in [0.15, 0.2) is 0 Å². The van der Waals surface area contributed by atoms with Gasteiger partial charge in [-0.15, -0.1) is 5.10 Å². The number of para-hydroxylation sites is 1. The van der Waals surface area contributed by atoms with Crippen LogP contribution in [0.2, 0.25) is 10.0 Å². The molecule has 2 N–H and O–H groups in total. The van der Waals surface area contributed by atoms with Crippen molar-refractivity contribution < 1.29 is 14.7 Å². The van der Waals surface area contributed by atoms with Crippen LogP contribution in [0.3, 0.4) is 0 Å². The molecule has 1 amide bonds. The molecule has 0 bridgehead atoms. The first-order chi connectivity index (χ1) is 10.8. The van der Waals surface area contributed by atoms with Crippen LogP contribution >= 0.6 is 23.2 Å². The molecule has 0 fully saturated rings. The highest BCUT2D eigenvalue weighted by molar-refractivity contribution is 6.37. The highest BCUT2D eigenvalue weighted by atomic mass is 35.5. The summed E-state index contributed by atoms with van der Waals surface area (Å²) in [6.45, 7) is 3.24. The zero-order valence-electron chi connectivity index (χ0n) is 12.4. The molecule has 7 nitrogen and oxygen atoms in total. The quantitative estimate of drug-likeness (QED) is 0.857. The number of carboxylic acid groups (broad SMARTS) is 1. The molecule has 0 spiro atoms. The molecule has 2 rings (SSSR count). The van der Waals surface area contributed by atoms with Crippen LogP contribution in [-0.2, 0) is 4.79 Å². The summed E-state index contributed by atoms with van der Waals surface area (Å²) in [5.74, 6) is -1.23. The Balaban J connectivity index is 2.28. The highest BCUT2D eigenvalue weighted by Gasteiger charge is 2.20. The Labute approximate surface area is 142 Å². The lowest BCUT2D eigenvalue weighted by molar-refractivity contribution is -0.137. The minimum atomic E-state index is -1.00. The number of amides is 1. The number of carbonyl (C=O) groups excluding carboxylic acids is 1. The van der Waals surface area contributed by atoms with Crippen LogP contribution in [0.1, 0.15) is 29.8 Å². The van der Waals surface area contributed by atoms with Gasteiger partial charge in [-0.1, -0.05) is 29.3 Å². The van der Waals surface area contributed by atoms with Crippen LogP contribution in [0.4, 0.5) is 0 Å². The smallest absolute Gasteiger partial charge is 0.305 e. The molecule has 1 aromatic carbocycles. The van der Waals surface area contributed by atoms with E-state index in [2.05, 4.69) is 15.4 Å². The second-order valence-corrected chi connectivity index (χ2v) is 5.75. The summed E-state index contributed by atoms with van der Waals surface area (Å²) < 4.78 is 1.38. The van der Waals surface area contributed by atoms with Crippen LogP contribution in [-0.4, -0.2) is 37.8 Å². The molecular weight excluding hydrogens is 343 g/mol. The van der Waals surface area contributed by atoms with Crippen molar-refractivity contribution in [2.75, 3.05) is 0 Å². The van der Waals surface area contributed by atoms with Crippen LogP contribution in [0, 0.1) is 6.92 Å². The highest BCUT2D eigenvalue weighted by Crippen LogP contribution is 2.28. The normalized spacial score (nSPS) is 12.0. The molecule has 0 aliphatic heterocycles. The summed E-state index contributed by atoms with van der Waals surface area (Å²) in [5, 5.41) is 16.1. The van der Waals surface area contributed by atoms with E-state index in [0.29, 0.717) is 21.6 Å². The number of hydrogen-bond donors (Lipinski definition) is 2. The van der Waals surface area contributed by atoms with Gasteiger partial charge in [0.2, 0.25) is 5.82 Å². The molecule has 9 heteroatoms. The average Bonchev–Trinajstić information content (AvgIpc) is 2.80. The van der Waals surface area contributed by atoms with Crippen molar-refractivity contribution in [1.82, 2.24) is 20.1 Å². The first-order valence-electron chi connectivity index (χ1n) is 6.70. The standard InChI is InChI=1S/C14H14Cl2N4O3/c1-7(6-11(21)22)17-14(23)13-18-8(2)20(19-13)12-9(15)4-3-5-10(12)16/h3-5,7H,6H2,1-2H3,(H,17,23)(H,21,22). The SMILES string of the molecule is Cc1nc(C(=O)NC(C)CC(=O)O)nn1-c1c(Cl)cccc1Cl. The lowest BCUT2D eigenvalue weighted by atomic mass is 10.2. The molecule has 0 saturated heterocycles. The number of halogens is 2. The number of aromatic nitrogens is 3. The average molecular weight is 357 g/mol. The number of nitrogens with one attached hydrogen (secondary N) is 1. The third kappa shape index (κ3) is 4.00. The number of benzene rings is 1. The molecule has 0 radical (unpaired) electrons. The Morgan fingerprint density at radius 2 is 1.96 bits per heavy atom. The summed E-state index contributed by atoms with van der Waals surface area (Å²) in [7, 11) is 0. The van der Waals surface area contributed by atoms with Gasteiger partial charge in [0.25, 0.3) is 5.91 Å². The second-order valence-electron chi connectivity index (χ2n) is 4.94. The van der Waals surface area contributed by atoms with Crippen molar-refractivity contribution >= 4 is 35.1 Å². The molecule has 1 unspecified atom stereocenters. The van der Waals surface area contributed by atoms with Gasteiger partial charge in [-0.05, 0) is 26.0 Å². The number of nitrogens with zero attached hydrogens (tertiary/aromatic N) is 3. The number of aliphatic carboxylic acids is 1. The van der Waals surface area contributed by atoms with Crippen LogP contribution in [0.5, 0.6) is 0 Å². The Morgan fingerprint density at radius 3 is 2.52 bits per heavy atom. The first-order valence-corrected chi connectivity index (χ1v) is 7.46. The summed E-state index contributed by atoms with van der Waals surface area (Å²) in [5.41, 5.74) is 0.429. The molecule has 122 valence electrons. The van der Waals surface area contributed by atoms with Crippen molar-refractivity contribution in [3.8, 4) is 5.69 Å². The van der Waals surface area contributed by atoms with Crippen LogP contribution in [0.15, 0.2) is 18.2 Å². The van der Waals surface area contributed by atoms with Gasteiger partial charge < -0.3 is 10.4 Å². The summed E-state index contributed by atoms with van der Waals surface area (Å²) >= 11 is 12.3. The van der Waals surface area contributed by atoms with Crippen molar-refractivity contribution in [2.45, 2.75) is 26.3 Å². The molecule has 1 atom stereocenters. The number of hydrogen-bond acceptors (Lipinski definition) is 4. The van der Waals surface area contributed by atoms with Crippen molar-refractivity contribution in [3.63, 3.8) is 0 Å². The molecule has 2 aromatic rings. The van der Waals surface area contributed by atoms with E-state index in [9.17, 15) is 9.59 Å². The van der Waals surface area contributed by atoms with E-state index < -0.39 is 17.9 Å². The fourth-order valence-electron chi connectivity index (χ4n) is 1.99. The number of carboxylic acids is 1. The van der Waals surface area contributed by atoms with E-state index in [4.69, 9.17) is 28.3 Å². The first kappa shape index (κ1) is 17.2. The van der Waals surface area contributed by atoms with Gasteiger partial charge in [-0.25, -0.2) is 9.67 Å². The molecule has 1 heterocycles. The van der Waals surface area contributed by atoms with E-state index >= 15 is 0 Å². The Kier molecular flexibility index (Phi) is 5.23. The summed E-state index contributed by atoms with van der Waals surface area (Å²) in [6, 6.07) is 4.45. The van der Waals surface area contributed by atoms with Crippen LogP contribution in [0.25, 0.3) is 5.69 Å². The van der Waals surface area contributed by atoms with Gasteiger partial charge >= 0.3 is 5.97 Å². The van der Waals surface area contributed by atoms with E-state index in [-0.39, 0.29) is 12.2 Å². The Morgan fingerprint density at radius 1 is 1.35 bits per heavy atom. The molecule has 0 saturated carbocycles. The second kappa shape index (κ2) is 6.97. The predicted molar refractivity (Wildman–Crippen MR) is 85.3 cm³/mol. The van der Waals surface area contributed by atoms with Gasteiger partial charge in [0, 0.05) is 6.04 Å². The van der Waals surface area contributed by atoms with E-state index in [0.717, 1.165) is 0 Å². The van der Waals surface area contributed by atoms with E-state index in [1.165, 1.54) is 4.68 Å². The largest absolute Gasteiger partial charge is 0.481 e. The number of rotatable bonds is 5. The fraction of sp³-hybridized carbons (Fsp3) is 0.286. The lowest BCUT2D eigenvalue weighted by Gasteiger charge is -2.09. The molecular formula is C14H14Cl2N4O3. The van der Waals surface area contributed by atoms with Gasteiger partial charge in [0.05, 0.1) is 16.5 Å². The third-order valence-electron chi connectivity index (χ3n) is 2.98. The minimum Gasteiger partial charge on any atom is -0.481 e. The Hall–Kier alpha value is -2.12. The zero-order chi connectivity index (χ0) is 17.1. The number of carbonyl (C=O) groups is 2. The fourth-order valence-corrected chi connectivity index (χ4v) is 2.55. The lowest BCUT2D eigenvalue weighted by Crippen LogP contribution is -2.34. The van der Waals surface area contributed by atoms with E-state index in [1.807, 2.05) is 0 Å². The topological polar surface area (TPSA) is 97.1 Å². The maximum atomic E-state index is 12.1. The zero-order valence-corrected chi connectivity index (χ0v) is 13.9. The van der Waals surface area contributed by atoms with Crippen molar-refractivity contribution in [2.24, 2.45) is 0 Å². The molecule has 0 aliphatic carbocycles. The molecule has 0 aliphatic rings. The maximum absolute atomic E-state index is 12.1. The number of aryl methyl sites for hydroxylation is 1. The van der Waals surface area contributed by atoms with Gasteiger partial charge in [-0.3, -0.25) is 9.59 Å². The summed E-state index contributed by atoms with van der Waals surface area (Å²) in [4.78, 5) is 26.8. The third-order valence-corrected chi connectivity index (χ3v) is 3.59. The van der Waals surface area contributed by atoms with Crippen molar-refractivity contribution in [3.05, 3.63) is 39.9 Å². The molecule has 23 heavy (non-hydrogen) atoms. The Bertz CT molecular complexity index is 740.